The lowest BCUT2D eigenvalue weighted by Gasteiger charge is -2.22. The van der Waals surface area contributed by atoms with Crippen LogP contribution in [0.5, 0.6) is 5.75 Å². The molecule has 0 radical (unpaired) electrons. The summed E-state index contributed by atoms with van der Waals surface area (Å²) in [5.74, 6) is 0.985. The molecule has 2 rings (SSSR count). The standard InChI is InChI=1S/C20H23NO2/c1-15(2)20(17-9-5-4-6-10-17)21-19(22)13-12-16-8-7-11-18(14-16)23-3/h4-15,20H,1-3H3,(H,21,22)/b13-12+/t20-/m0/s1. The second-order valence-corrected chi connectivity index (χ2v) is 5.75. The van der Waals surface area contributed by atoms with Crippen LogP contribution in [0.2, 0.25) is 0 Å². The first kappa shape index (κ1) is 16.8. The lowest BCUT2D eigenvalue weighted by Crippen LogP contribution is -2.30. The van der Waals surface area contributed by atoms with Crippen LogP contribution in [0.4, 0.5) is 0 Å². The fourth-order valence-electron chi connectivity index (χ4n) is 2.41. The molecule has 1 N–H and O–H groups in total. The van der Waals surface area contributed by atoms with E-state index in [9.17, 15) is 4.79 Å². The highest BCUT2D eigenvalue weighted by molar-refractivity contribution is 5.92. The largest absolute Gasteiger partial charge is 0.497 e. The summed E-state index contributed by atoms with van der Waals surface area (Å²) >= 11 is 0. The monoisotopic (exact) mass is 309 g/mol. The first-order valence-electron chi connectivity index (χ1n) is 7.77. The van der Waals surface area contributed by atoms with Gasteiger partial charge in [-0.2, -0.15) is 0 Å². The Kier molecular flexibility index (Phi) is 5.98. The number of ether oxygens (including phenoxy) is 1. The van der Waals surface area contributed by atoms with Crippen molar-refractivity contribution in [1.29, 1.82) is 0 Å². The third kappa shape index (κ3) is 4.99. The topological polar surface area (TPSA) is 38.3 Å². The van der Waals surface area contributed by atoms with Crippen LogP contribution in [0.3, 0.4) is 0 Å². The van der Waals surface area contributed by atoms with Gasteiger partial charge in [0.25, 0.3) is 0 Å². The van der Waals surface area contributed by atoms with E-state index in [1.165, 1.54) is 0 Å². The predicted octanol–water partition coefficient (Wildman–Crippen LogP) is 4.22. The second-order valence-electron chi connectivity index (χ2n) is 5.75. The Morgan fingerprint density at radius 1 is 1.09 bits per heavy atom. The maximum atomic E-state index is 12.2. The Morgan fingerprint density at radius 3 is 2.48 bits per heavy atom. The molecule has 120 valence electrons. The molecule has 0 aliphatic heterocycles. The highest BCUT2D eigenvalue weighted by atomic mass is 16.5. The Morgan fingerprint density at radius 2 is 1.83 bits per heavy atom. The van der Waals surface area contributed by atoms with Crippen LogP contribution in [0.25, 0.3) is 6.08 Å². The maximum Gasteiger partial charge on any atom is 0.244 e. The SMILES string of the molecule is COc1cccc(/C=C/C(=O)N[C@H](c2ccccc2)C(C)C)c1. The van der Waals surface area contributed by atoms with E-state index in [4.69, 9.17) is 4.74 Å². The van der Waals surface area contributed by atoms with Crippen LogP contribution in [-0.2, 0) is 4.79 Å². The van der Waals surface area contributed by atoms with Crippen molar-refractivity contribution < 1.29 is 9.53 Å². The summed E-state index contributed by atoms with van der Waals surface area (Å²) in [6, 6.07) is 17.6. The van der Waals surface area contributed by atoms with Crippen molar-refractivity contribution in [2.24, 2.45) is 5.92 Å². The summed E-state index contributed by atoms with van der Waals surface area (Å²) in [6.45, 7) is 4.20. The minimum absolute atomic E-state index is 0.00124. The van der Waals surface area contributed by atoms with Crippen molar-refractivity contribution in [3.63, 3.8) is 0 Å². The van der Waals surface area contributed by atoms with Gasteiger partial charge in [-0.1, -0.05) is 56.3 Å². The van der Waals surface area contributed by atoms with Gasteiger partial charge in [0, 0.05) is 6.08 Å². The summed E-state index contributed by atoms with van der Waals surface area (Å²) < 4.78 is 5.18. The van der Waals surface area contributed by atoms with Crippen molar-refractivity contribution in [2.45, 2.75) is 19.9 Å². The van der Waals surface area contributed by atoms with Gasteiger partial charge in [-0.15, -0.1) is 0 Å². The average molecular weight is 309 g/mol. The number of methoxy groups -OCH3 is 1. The number of amides is 1. The summed E-state index contributed by atoms with van der Waals surface area (Å²) in [4.78, 5) is 12.2. The van der Waals surface area contributed by atoms with Gasteiger partial charge in [-0.25, -0.2) is 0 Å². The number of carbonyl (C=O) groups is 1. The van der Waals surface area contributed by atoms with E-state index in [1.54, 1.807) is 19.3 Å². The molecular formula is C20H23NO2. The van der Waals surface area contributed by atoms with Crippen molar-refractivity contribution in [1.82, 2.24) is 5.32 Å². The molecule has 0 bridgehead atoms. The number of benzene rings is 2. The molecule has 0 aromatic heterocycles. The molecule has 0 saturated heterocycles. The smallest absolute Gasteiger partial charge is 0.244 e. The zero-order valence-electron chi connectivity index (χ0n) is 13.8. The summed E-state index contributed by atoms with van der Waals surface area (Å²) in [7, 11) is 1.63. The van der Waals surface area contributed by atoms with Gasteiger partial charge in [0.2, 0.25) is 5.91 Å². The van der Waals surface area contributed by atoms with E-state index in [2.05, 4.69) is 19.2 Å². The fourth-order valence-corrected chi connectivity index (χ4v) is 2.41. The van der Waals surface area contributed by atoms with Gasteiger partial charge < -0.3 is 10.1 Å². The Hall–Kier alpha value is -2.55. The summed E-state index contributed by atoms with van der Waals surface area (Å²) in [5, 5.41) is 3.07. The molecule has 0 saturated carbocycles. The van der Waals surface area contributed by atoms with Crippen LogP contribution in [0.1, 0.15) is 31.0 Å². The fraction of sp³-hybridized carbons (Fsp3) is 0.250. The Labute approximate surface area is 138 Å². The zero-order chi connectivity index (χ0) is 16.7. The summed E-state index contributed by atoms with van der Waals surface area (Å²) in [6.07, 6.45) is 3.35. The highest BCUT2D eigenvalue weighted by Gasteiger charge is 2.16. The molecule has 2 aromatic rings. The average Bonchev–Trinajstić information content (AvgIpc) is 2.58. The Bertz CT molecular complexity index is 662. The van der Waals surface area contributed by atoms with Gasteiger partial charge in [-0.3, -0.25) is 4.79 Å². The lowest BCUT2D eigenvalue weighted by atomic mass is 9.96. The van der Waals surface area contributed by atoms with E-state index < -0.39 is 0 Å². The number of carbonyl (C=O) groups excluding carboxylic acids is 1. The molecule has 0 fully saturated rings. The number of nitrogens with one attached hydrogen (secondary N) is 1. The number of rotatable bonds is 6. The molecule has 1 amide bonds. The summed E-state index contributed by atoms with van der Waals surface area (Å²) in [5.41, 5.74) is 2.05. The molecule has 0 aliphatic rings. The molecule has 3 heteroatoms. The quantitative estimate of drug-likeness (QED) is 0.811. The van der Waals surface area contributed by atoms with Gasteiger partial charge in [0.1, 0.15) is 5.75 Å². The number of hydrogen-bond donors (Lipinski definition) is 1. The van der Waals surface area contributed by atoms with E-state index in [-0.39, 0.29) is 11.9 Å². The van der Waals surface area contributed by atoms with Gasteiger partial charge in [-0.05, 0) is 35.3 Å². The van der Waals surface area contributed by atoms with E-state index in [1.807, 2.05) is 54.6 Å². The molecule has 3 nitrogen and oxygen atoms in total. The lowest BCUT2D eigenvalue weighted by molar-refractivity contribution is -0.117. The third-order valence-electron chi connectivity index (χ3n) is 3.64. The minimum atomic E-state index is -0.102. The normalized spacial score (nSPS) is 12.3. The zero-order valence-corrected chi connectivity index (χ0v) is 13.8. The van der Waals surface area contributed by atoms with Crippen LogP contribution in [0.15, 0.2) is 60.7 Å². The van der Waals surface area contributed by atoms with Gasteiger partial charge in [0.15, 0.2) is 0 Å². The first-order valence-corrected chi connectivity index (χ1v) is 7.77. The van der Waals surface area contributed by atoms with Crippen LogP contribution < -0.4 is 10.1 Å². The molecule has 23 heavy (non-hydrogen) atoms. The van der Waals surface area contributed by atoms with Crippen molar-refractivity contribution >= 4 is 12.0 Å². The second kappa shape index (κ2) is 8.18. The van der Waals surface area contributed by atoms with Crippen LogP contribution >= 0.6 is 0 Å². The van der Waals surface area contributed by atoms with Crippen LogP contribution in [0, 0.1) is 5.92 Å². The van der Waals surface area contributed by atoms with Crippen molar-refractivity contribution in [3.05, 3.63) is 71.8 Å². The maximum absolute atomic E-state index is 12.2. The molecule has 0 unspecified atom stereocenters. The van der Waals surface area contributed by atoms with Gasteiger partial charge in [0.05, 0.1) is 13.2 Å². The van der Waals surface area contributed by atoms with Crippen molar-refractivity contribution in [2.75, 3.05) is 7.11 Å². The minimum Gasteiger partial charge on any atom is -0.497 e. The number of hydrogen-bond acceptors (Lipinski definition) is 2. The predicted molar refractivity (Wildman–Crippen MR) is 94.2 cm³/mol. The molecule has 2 aromatic carbocycles. The third-order valence-corrected chi connectivity index (χ3v) is 3.64. The molecule has 0 spiro atoms. The molecule has 1 atom stereocenters. The van der Waals surface area contributed by atoms with Crippen molar-refractivity contribution in [3.8, 4) is 5.75 Å². The molecule has 0 aliphatic carbocycles. The van der Waals surface area contributed by atoms with E-state index in [0.717, 1.165) is 16.9 Å². The molecule has 0 heterocycles. The Balaban J connectivity index is 2.06. The van der Waals surface area contributed by atoms with Gasteiger partial charge >= 0.3 is 0 Å². The molecular weight excluding hydrogens is 286 g/mol. The first-order chi connectivity index (χ1) is 11.1. The highest BCUT2D eigenvalue weighted by Crippen LogP contribution is 2.21. The van der Waals surface area contributed by atoms with Crippen LogP contribution in [-0.4, -0.2) is 13.0 Å². The van der Waals surface area contributed by atoms with E-state index in [0.29, 0.717) is 5.92 Å². The van der Waals surface area contributed by atoms with E-state index >= 15 is 0 Å².